The molecular formula is C17H22F2N2O3S. The fourth-order valence-electron chi connectivity index (χ4n) is 2.55. The van der Waals surface area contributed by atoms with E-state index in [9.17, 15) is 23.8 Å². The van der Waals surface area contributed by atoms with Gasteiger partial charge in [-0.05, 0) is 38.0 Å². The Morgan fingerprint density at radius 2 is 1.88 bits per heavy atom. The van der Waals surface area contributed by atoms with E-state index in [4.69, 9.17) is 5.41 Å². The Hall–Kier alpha value is -1.64. The summed E-state index contributed by atoms with van der Waals surface area (Å²) in [6.07, 6.45) is -1.51. The number of allylic oxidation sites excluding steroid dienone is 2. The standard InChI is InChI=1S/C17H22F2N2O3S/c1-9(10(2)17(3,18)19)15(20)13-4-5-14(25-13)16(24)21-7-6-11(22)12(23)8-21/h4-5,11-12,20,22-23H,6-8H2,1-3H3/b10-9+,20-15?. The van der Waals surface area contributed by atoms with Crippen molar-refractivity contribution < 1.29 is 23.8 Å². The zero-order valence-corrected chi connectivity index (χ0v) is 15.2. The Balaban J connectivity index is 2.17. The van der Waals surface area contributed by atoms with Gasteiger partial charge in [-0.3, -0.25) is 10.2 Å². The molecule has 1 saturated heterocycles. The van der Waals surface area contributed by atoms with Gasteiger partial charge < -0.3 is 15.1 Å². The summed E-state index contributed by atoms with van der Waals surface area (Å²) in [5.41, 5.74) is -0.0195. The van der Waals surface area contributed by atoms with Crippen LogP contribution in [0.5, 0.6) is 0 Å². The van der Waals surface area contributed by atoms with Gasteiger partial charge in [0, 0.05) is 25.6 Å². The van der Waals surface area contributed by atoms with Crippen LogP contribution in [0.3, 0.4) is 0 Å². The van der Waals surface area contributed by atoms with Crippen molar-refractivity contribution in [3.8, 4) is 0 Å². The largest absolute Gasteiger partial charge is 0.390 e. The molecule has 138 valence electrons. The van der Waals surface area contributed by atoms with E-state index in [-0.39, 0.29) is 29.3 Å². The predicted molar refractivity (Wildman–Crippen MR) is 92.7 cm³/mol. The smallest absolute Gasteiger partial charge is 0.266 e. The molecule has 1 fully saturated rings. The zero-order chi connectivity index (χ0) is 18.9. The minimum Gasteiger partial charge on any atom is -0.390 e. The van der Waals surface area contributed by atoms with Crippen LogP contribution in [0, 0.1) is 5.41 Å². The van der Waals surface area contributed by atoms with E-state index in [1.807, 2.05) is 0 Å². The molecule has 2 rings (SSSR count). The Morgan fingerprint density at radius 3 is 2.44 bits per heavy atom. The summed E-state index contributed by atoms with van der Waals surface area (Å²) in [4.78, 5) is 14.7. The van der Waals surface area contributed by atoms with Crippen LogP contribution in [0.4, 0.5) is 8.78 Å². The zero-order valence-electron chi connectivity index (χ0n) is 14.3. The Labute approximate surface area is 149 Å². The van der Waals surface area contributed by atoms with Crippen molar-refractivity contribution in [3.63, 3.8) is 0 Å². The van der Waals surface area contributed by atoms with Gasteiger partial charge in [-0.25, -0.2) is 8.78 Å². The highest BCUT2D eigenvalue weighted by molar-refractivity contribution is 7.16. The van der Waals surface area contributed by atoms with E-state index in [1.54, 1.807) is 12.1 Å². The number of carbonyl (C=O) groups excluding carboxylic acids is 1. The second kappa shape index (κ2) is 7.31. The third-order valence-corrected chi connectivity index (χ3v) is 5.58. The summed E-state index contributed by atoms with van der Waals surface area (Å²) in [7, 11) is 0. The van der Waals surface area contributed by atoms with E-state index < -0.39 is 18.1 Å². The first kappa shape index (κ1) is 19.7. The predicted octanol–water partition coefficient (Wildman–Crippen LogP) is 2.68. The maximum Gasteiger partial charge on any atom is 0.266 e. The highest BCUT2D eigenvalue weighted by Gasteiger charge is 2.30. The average molecular weight is 372 g/mol. The number of carbonyl (C=O) groups is 1. The molecule has 2 atom stereocenters. The molecule has 0 spiro atoms. The Morgan fingerprint density at radius 1 is 1.28 bits per heavy atom. The van der Waals surface area contributed by atoms with Crippen molar-refractivity contribution in [2.45, 2.75) is 45.3 Å². The van der Waals surface area contributed by atoms with E-state index >= 15 is 0 Å². The lowest BCUT2D eigenvalue weighted by atomic mass is 10.0. The lowest BCUT2D eigenvalue weighted by Crippen LogP contribution is -2.48. The van der Waals surface area contributed by atoms with Gasteiger partial charge in [-0.2, -0.15) is 0 Å². The number of nitrogens with zero attached hydrogens (tertiary/aromatic N) is 1. The summed E-state index contributed by atoms with van der Waals surface area (Å²) < 4.78 is 26.9. The van der Waals surface area contributed by atoms with Gasteiger partial charge in [0.15, 0.2) is 0 Å². The van der Waals surface area contributed by atoms with E-state index in [0.29, 0.717) is 22.7 Å². The topological polar surface area (TPSA) is 84.6 Å². The fraction of sp³-hybridized carbons (Fsp3) is 0.529. The number of alkyl halides is 2. The van der Waals surface area contributed by atoms with Crippen molar-refractivity contribution in [1.29, 1.82) is 5.41 Å². The van der Waals surface area contributed by atoms with Crippen LogP contribution in [-0.4, -0.2) is 58.0 Å². The first-order valence-corrected chi connectivity index (χ1v) is 8.74. The minimum absolute atomic E-state index is 0.0304. The number of rotatable bonds is 4. The number of piperidine rings is 1. The highest BCUT2D eigenvalue weighted by atomic mass is 32.1. The fourth-order valence-corrected chi connectivity index (χ4v) is 3.53. The molecule has 3 N–H and O–H groups in total. The van der Waals surface area contributed by atoms with Crippen molar-refractivity contribution >= 4 is 23.0 Å². The number of amides is 1. The molecule has 1 aromatic rings. The molecule has 5 nitrogen and oxygen atoms in total. The molecule has 0 aromatic carbocycles. The summed E-state index contributed by atoms with van der Waals surface area (Å²) >= 11 is 1.06. The van der Waals surface area contributed by atoms with Gasteiger partial charge in [0.05, 0.1) is 27.7 Å². The Bertz CT molecular complexity index is 709. The van der Waals surface area contributed by atoms with Crippen LogP contribution in [0.25, 0.3) is 0 Å². The molecule has 0 saturated carbocycles. The van der Waals surface area contributed by atoms with Crippen LogP contribution in [0.1, 0.15) is 41.7 Å². The third kappa shape index (κ3) is 4.31. The van der Waals surface area contributed by atoms with E-state index in [2.05, 4.69) is 0 Å². The van der Waals surface area contributed by atoms with Crippen molar-refractivity contribution in [3.05, 3.63) is 33.0 Å². The van der Waals surface area contributed by atoms with Gasteiger partial charge in [-0.1, -0.05) is 0 Å². The minimum atomic E-state index is -3.00. The second-order valence-electron chi connectivity index (χ2n) is 6.35. The molecule has 8 heteroatoms. The molecule has 0 radical (unpaired) electrons. The van der Waals surface area contributed by atoms with Gasteiger partial charge in [0.25, 0.3) is 11.8 Å². The molecule has 2 heterocycles. The van der Waals surface area contributed by atoms with Gasteiger partial charge >= 0.3 is 0 Å². The SMILES string of the molecule is C/C(C(=N)c1ccc(C(=O)N2CCC(O)C(O)C2)s1)=C(/C)C(C)(F)F. The van der Waals surface area contributed by atoms with Gasteiger partial charge in [0.2, 0.25) is 0 Å². The molecule has 1 aliphatic heterocycles. The van der Waals surface area contributed by atoms with Gasteiger partial charge in [-0.15, -0.1) is 11.3 Å². The summed E-state index contributed by atoms with van der Waals surface area (Å²) in [6.45, 7) is 3.94. The summed E-state index contributed by atoms with van der Waals surface area (Å²) in [5.74, 6) is -3.30. The lowest BCUT2D eigenvalue weighted by molar-refractivity contribution is -0.0320. The number of likely N-dealkylation sites (tertiary alicyclic amines) is 1. The van der Waals surface area contributed by atoms with Crippen LogP contribution in [0.2, 0.25) is 0 Å². The number of nitrogens with one attached hydrogen (secondary N) is 1. The highest BCUT2D eigenvalue weighted by Crippen LogP contribution is 2.29. The molecule has 1 aliphatic rings. The number of hydrogen-bond acceptors (Lipinski definition) is 5. The second-order valence-corrected chi connectivity index (χ2v) is 7.44. The van der Waals surface area contributed by atoms with Crippen molar-refractivity contribution in [2.24, 2.45) is 0 Å². The Kier molecular flexibility index (Phi) is 5.75. The number of thiophene rings is 1. The molecule has 1 amide bonds. The summed E-state index contributed by atoms with van der Waals surface area (Å²) in [6, 6.07) is 3.13. The van der Waals surface area contributed by atoms with E-state index in [0.717, 1.165) is 18.3 Å². The number of hydrogen-bond donors (Lipinski definition) is 3. The normalized spacial score (nSPS) is 22.6. The maximum absolute atomic E-state index is 13.4. The molecular weight excluding hydrogens is 350 g/mol. The van der Waals surface area contributed by atoms with Crippen molar-refractivity contribution in [1.82, 2.24) is 4.90 Å². The molecule has 0 aliphatic carbocycles. The van der Waals surface area contributed by atoms with Crippen LogP contribution in [-0.2, 0) is 0 Å². The molecule has 25 heavy (non-hydrogen) atoms. The number of aliphatic hydroxyl groups is 2. The van der Waals surface area contributed by atoms with Crippen molar-refractivity contribution in [2.75, 3.05) is 13.1 Å². The summed E-state index contributed by atoms with van der Waals surface area (Å²) in [5, 5.41) is 27.3. The number of β-amino-alcohol motifs (C(OH)–C–C–N with tert-alkyl or cyclic N) is 1. The first-order chi connectivity index (χ1) is 11.5. The number of aliphatic hydroxyl groups excluding tert-OH is 2. The quantitative estimate of drug-likeness (QED) is 0.711. The first-order valence-electron chi connectivity index (χ1n) is 7.92. The van der Waals surface area contributed by atoms with Gasteiger partial charge in [0.1, 0.15) is 0 Å². The number of halogens is 2. The monoisotopic (exact) mass is 372 g/mol. The lowest BCUT2D eigenvalue weighted by Gasteiger charge is -2.33. The third-order valence-electron chi connectivity index (χ3n) is 4.49. The van der Waals surface area contributed by atoms with E-state index in [1.165, 1.54) is 18.7 Å². The molecule has 2 unspecified atom stereocenters. The maximum atomic E-state index is 13.4. The molecule has 1 aromatic heterocycles. The van der Waals surface area contributed by atoms with Crippen LogP contribution in [0.15, 0.2) is 23.3 Å². The molecule has 0 bridgehead atoms. The van der Waals surface area contributed by atoms with Crippen LogP contribution >= 0.6 is 11.3 Å². The average Bonchev–Trinajstić information content (AvgIpc) is 3.03. The van der Waals surface area contributed by atoms with Crippen LogP contribution < -0.4 is 0 Å².